The molecule has 0 saturated carbocycles. The van der Waals surface area contributed by atoms with Crippen LogP contribution in [-0.4, -0.2) is 48.1 Å². The fourth-order valence-corrected chi connectivity index (χ4v) is 3.83. The van der Waals surface area contributed by atoms with E-state index in [9.17, 15) is 0 Å². The Bertz CT molecular complexity index is 387. The third kappa shape index (κ3) is 4.41. The van der Waals surface area contributed by atoms with E-state index in [4.69, 9.17) is 5.73 Å². The lowest BCUT2D eigenvalue weighted by Crippen LogP contribution is -2.58. The standard InChI is InChI=1S/C16H30N4S/c1-3-4-5-6-7-16(2,14-17)20-11-9-19(10-12-20)15-18-8-13-21-15/h8,13H,3-7,9-12,14,17H2,1-2H3. The van der Waals surface area contributed by atoms with Gasteiger partial charge in [0.25, 0.3) is 0 Å². The summed E-state index contributed by atoms with van der Waals surface area (Å²) in [6.07, 6.45) is 8.40. The Balaban J connectivity index is 1.83. The fourth-order valence-electron chi connectivity index (χ4n) is 3.13. The zero-order valence-electron chi connectivity index (χ0n) is 13.6. The Labute approximate surface area is 133 Å². The van der Waals surface area contributed by atoms with Gasteiger partial charge in [-0.2, -0.15) is 0 Å². The molecular weight excluding hydrogens is 280 g/mol. The van der Waals surface area contributed by atoms with Crippen LogP contribution in [0, 0.1) is 0 Å². The van der Waals surface area contributed by atoms with Crippen LogP contribution in [0.25, 0.3) is 0 Å². The molecule has 2 heterocycles. The minimum absolute atomic E-state index is 0.169. The molecule has 1 atom stereocenters. The van der Waals surface area contributed by atoms with Gasteiger partial charge in [0.15, 0.2) is 5.13 Å². The number of nitrogens with two attached hydrogens (primary N) is 1. The van der Waals surface area contributed by atoms with Gasteiger partial charge in [0.2, 0.25) is 0 Å². The van der Waals surface area contributed by atoms with Gasteiger partial charge in [-0.25, -0.2) is 4.98 Å². The number of hydrogen-bond acceptors (Lipinski definition) is 5. The first kappa shape index (κ1) is 16.7. The first-order valence-electron chi connectivity index (χ1n) is 8.29. The van der Waals surface area contributed by atoms with Crippen molar-refractivity contribution in [2.24, 2.45) is 5.73 Å². The van der Waals surface area contributed by atoms with Gasteiger partial charge in [-0.1, -0.05) is 32.6 Å². The summed E-state index contributed by atoms with van der Waals surface area (Å²) in [5.41, 5.74) is 6.29. The summed E-state index contributed by atoms with van der Waals surface area (Å²) < 4.78 is 0. The van der Waals surface area contributed by atoms with Crippen molar-refractivity contribution in [3.63, 3.8) is 0 Å². The third-order valence-electron chi connectivity index (χ3n) is 4.74. The molecule has 1 aliphatic rings. The summed E-state index contributed by atoms with van der Waals surface area (Å²) in [5.74, 6) is 0. The van der Waals surface area contributed by atoms with E-state index in [2.05, 4.69) is 34.0 Å². The molecule has 0 spiro atoms. The number of thiazole rings is 1. The van der Waals surface area contributed by atoms with Gasteiger partial charge in [0.1, 0.15) is 0 Å². The van der Waals surface area contributed by atoms with Crippen molar-refractivity contribution < 1.29 is 0 Å². The van der Waals surface area contributed by atoms with Crippen LogP contribution in [0.15, 0.2) is 11.6 Å². The topological polar surface area (TPSA) is 45.4 Å². The highest BCUT2D eigenvalue weighted by molar-refractivity contribution is 7.13. The van der Waals surface area contributed by atoms with Crippen molar-refractivity contribution in [2.45, 2.75) is 51.5 Å². The molecule has 4 nitrogen and oxygen atoms in total. The van der Waals surface area contributed by atoms with E-state index in [0.717, 1.165) is 37.9 Å². The monoisotopic (exact) mass is 310 g/mol. The average molecular weight is 311 g/mol. The summed E-state index contributed by atoms with van der Waals surface area (Å²) in [4.78, 5) is 9.42. The highest BCUT2D eigenvalue weighted by atomic mass is 32.1. The molecule has 2 rings (SSSR count). The van der Waals surface area contributed by atoms with Gasteiger partial charge < -0.3 is 10.6 Å². The minimum Gasteiger partial charge on any atom is -0.346 e. The molecule has 1 saturated heterocycles. The maximum atomic E-state index is 6.12. The van der Waals surface area contributed by atoms with Crippen molar-refractivity contribution in [3.05, 3.63) is 11.6 Å². The zero-order valence-corrected chi connectivity index (χ0v) is 14.4. The molecule has 1 aromatic heterocycles. The fraction of sp³-hybridized carbons (Fsp3) is 0.812. The van der Waals surface area contributed by atoms with E-state index < -0.39 is 0 Å². The Morgan fingerprint density at radius 2 is 2.00 bits per heavy atom. The Hall–Kier alpha value is -0.650. The molecular formula is C16H30N4S. The van der Waals surface area contributed by atoms with Crippen molar-refractivity contribution in [1.82, 2.24) is 9.88 Å². The maximum absolute atomic E-state index is 6.12. The molecule has 0 bridgehead atoms. The largest absolute Gasteiger partial charge is 0.346 e. The summed E-state index contributed by atoms with van der Waals surface area (Å²) in [6.45, 7) is 9.70. The van der Waals surface area contributed by atoms with E-state index in [0.29, 0.717) is 0 Å². The molecule has 1 fully saturated rings. The number of nitrogens with zero attached hydrogens (tertiary/aromatic N) is 3. The van der Waals surface area contributed by atoms with Gasteiger partial charge in [0.05, 0.1) is 0 Å². The van der Waals surface area contributed by atoms with Crippen molar-refractivity contribution >= 4 is 16.5 Å². The van der Waals surface area contributed by atoms with E-state index in [-0.39, 0.29) is 5.54 Å². The van der Waals surface area contributed by atoms with Gasteiger partial charge in [-0.05, 0) is 13.3 Å². The lowest BCUT2D eigenvalue weighted by Gasteiger charge is -2.45. The average Bonchev–Trinajstić information content (AvgIpc) is 3.06. The second-order valence-corrected chi connectivity index (χ2v) is 7.17. The van der Waals surface area contributed by atoms with Crippen LogP contribution in [0.4, 0.5) is 5.13 Å². The maximum Gasteiger partial charge on any atom is 0.185 e. The first-order chi connectivity index (χ1) is 10.2. The molecule has 120 valence electrons. The van der Waals surface area contributed by atoms with Gasteiger partial charge in [0, 0.05) is 49.8 Å². The second kappa shape index (κ2) is 8.11. The number of anilines is 1. The quantitative estimate of drug-likeness (QED) is 0.750. The van der Waals surface area contributed by atoms with Crippen LogP contribution >= 0.6 is 11.3 Å². The highest BCUT2D eigenvalue weighted by Crippen LogP contribution is 2.26. The summed E-state index contributed by atoms with van der Waals surface area (Å²) in [5, 5.41) is 3.21. The lowest BCUT2D eigenvalue weighted by atomic mass is 9.91. The Kier molecular flexibility index (Phi) is 6.45. The molecule has 1 unspecified atom stereocenters. The molecule has 0 amide bonds. The van der Waals surface area contributed by atoms with E-state index in [1.54, 1.807) is 11.3 Å². The molecule has 2 N–H and O–H groups in total. The van der Waals surface area contributed by atoms with E-state index >= 15 is 0 Å². The van der Waals surface area contributed by atoms with Crippen LogP contribution in [0.5, 0.6) is 0 Å². The zero-order chi connectivity index (χ0) is 15.1. The molecule has 21 heavy (non-hydrogen) atoms. The predicted molar refractivity (Wildman–Crippen MR) is 92.1 cm³/mol. The first-order valence-corrected chi connectivity index (χ1v) is 9.17. The van der Waals surface area contributed by atoms with Gasteiger partial charge in [-0.3, -0.25) is 4.90 Å². The molecule has 0 radical (unpaired) electrons. The van der Waals surface area contributed by atoms with E-state index in [1.807, 2.05) is 6.20 Å². The van der Waals surface area contributed by atoms with Crippen molar-refractivity contribution in [2.75, 3.05) is 37.6 Å². The number of piperazine rings is 1. The molecule has 1 aromatic rings. The van der Waals surface area contributed by atoms with Crippen LogP contribution < -0.4 is 10.6 Å². The smallest absolute Gasteiger partial charge is 0.185 e. The Morgan fingerprint density at radius 1 is 1.24 bits per heavy atom. The van der Waals surface area contributed by atoms with Crippen molar-refractivity contribution in [3.8, 4) is 0 Å². The highest BCUT2D eigenvalue weighted by Gasteiger charge is 2.32. The second-order valence-electron chi connectivity index (χ2n) is 6.30. The predicted octanol–water partition coefficient (Wildman–Crippen LogP) is 2.95. The van der Waals surface area contributed by atoms with Gasteiger partial charge >= 0.3 is 0 Å². The molecule has 0 aliphatic carbocycles. The Morgan fingerprint density at radius 3 is 2.57 bits per heavy atom. The molecule has 5 heteroatoms. The number of rotatable bonds is 8. The summed E-state index contributed by atoms with van der Waals surface area (Å²) in [7, 11) is 0. The SMILES string of the molecule is CCCCCCC(C)(CN)N1CCN(c2nccs2)CC1. The van der Waals surface area contributed by atoms with Gasteiger partial charge in [-0.15, -0.1) is 11.3 Å². The van der Waals surface area contributed by atoms with Crippen LogP contribution in [0.1, 0.15) is 46.0 Å². The normalized spacial score (nSPS) is 19.7. The molecule has 1 aliphatic heterocycles. The van der Waals surface area contributed by atoms with E-state index in [1.165, 1.54) is 32.1 Å². The van der Waals surface area contributed by atoms with Crippen LogP contribution in [0.3, 0.4) is 0 Å². The molecule has 0 aromatic carbocycles. The van der Waals surface area contributed by atoms with Crippen LogP contribution in [0.2, 0.25) is 0 Å². The number of hydrogen-bond donors (Lipinski definition) is 1. The van der Waals surface area contributed by atoms with Crippen LogP contribution in [-0.2, 0) is 0 Å². The minimum atomic E-state index is 0.169. The number of aromatic nitrogens is 1. The third-order valence-corrected chi connectivity index (χ3v) is 5.57. The van der Waals surface area contributed by atoms with Crippen molar-refractivity contribution in [1.29, 1.82) is 0 Å². The summed E-state index contributed by atoms with van der Waals surface area (Å²) in [6, 6.07) is 0. The summed E-state index contributed by atoms with van der Waals surface area (Å²) >= 11 is 1.73. The lowest BCUT2D eigenvalue weighted by molar-refractivity contribution is 0.0915. The number of unbranched alkanes of at least 4 members (excludes halogenated alkanes) is 3.